The van der Waals surface area contributed by atoms with Gasteiger partial charge in [0.1, 0.15) is 29.0 Å². The van der Waals surface area contributed by atoms with Gasteiger partial charge in [-0.05, 0) is 70.8 Å². The van der Waals surface area contributed by atoms with Crippen molar-refractivity contribution < 1.29 is 28.2 Å². The van der Waals surface area contributed by atoms with Crippen LogP contribution in [0.4, 0.5) is 5.69 Å². The molecule has 13 nitrogen and oxygen atoms in total. The number of aromatic nitrogens is 2. The number of aryl methyl sites for hydroxylation is 1. The number of fused-ring (bicyclic) bond motifs is 4. The van der Waals surface area contributed by atoms with Crippen LogP contribution in [-0.2, 0) is 16.5 Å². The summed E-state index contributed by atoms with van der Waals surface area (Å²) in [6.07, 6.45) is 5.60. The van der Waals surface area contributed by atoms with Crippen molar-refractivity contribution in [1.82, 2.24) is 25.3 Å². The molecule has 0 unspecified atom stereocenters. The highest BCUT2D eigenvalue weighted by molar-refractivity contribution is 6.06. The van der Waals surface area contributed by atoms with Gasteiger partial charge in [0, 0.05) is 67.3 Å². The Balaban J connectivity index is 0.895. The molecule has 2 fully saturated rings. The highest BCUT2D eigenvalue weighted by atomic mass is 16.5. The molecule has 2 N–H and O–H groups in total. The molecule has 0 spiro atoms. The van der Waals surface area contributed by atoms with Gasteiger partial charge in [-0.25, -0.2) is 4.79 Å². The van der Waals surface area contributed by atoms with Crippen molar-refractivity contribution in [2.45, 2.75) is 64.1 Å². The number of nitrogens with zero attached hydrogens (tertiary/aromatic N) is 4. The summed E-state index contributed by atoms with van der Waals surface area (Å²) in [7, 11) is 4.03. The van der Waals surface area contributed by atoms with E-state index in [-0.39, 0.29) is 30.7 Å². The molecule has 51 heavy (non-hydrogen) atoms. The Labute approximate surface area is 298 Å². The second kappa shape index (κ2) is 16.7. The van der Waals surface area contributed by atoms with Crippen molar-refractivity contribution >= 4 is 39.4 Å². The zero-order chi connectivity index (χ0) is 35.9. The predicted octanol–water partition coefficient (Wildman–Crippen LogP) is 4.11. The van der Waals surface area contributed by atoms with Gasteiger partial charge in [-0.15, -0.1) is 0 Å². The number of carbonyl (C=O) groups is 2. The molecular formula is C38H50N6O7. The van der Waals surface area contributed by atoms with Crippen molar-refractivity contribution in [3.63, 3.8) is 0 Å². The van der Waals surface area contributed by atoms with Gasteiger partial charge < -0.3 is 39.1 Å². The summed E-state index contributed by atoms with van der Waals surface area (Å²) in [5.74, 6) is -0.0148. The van der Waals surface area contributed by atoms with Crippen LogP contribution >= 0.6 is 0 Å². The average molecular weight is 703 g/mol. The molecule has 13 heteroatoms. The van der Waals surface area contributed by atoms with Crippen LogP contribution in [0.1, 0.15) is 66.8 Å². The molecule has 6 rings (SSSR count). The molecule has 2 saturated heterocycles. The summed E-state index contributed by atoms with van der Waals surface area (Å²) >= 11 is 0. The Kier molecular flexibility index (Phi) is 11.9. The monoisotopic (exact) mass is 702 g/mol. The molecule has 2 aromatic carbocycles. The predicted molar refractivity (Wildman–Crippen MR) is 196 cm³/mol. The minimum Gasteiger partial charge on any atom is -0.489 e. The fourth-order valence-corrected chi connectivity index (χ4v) is 7.48. The molecule has 2 atom stereocenters. The summed E-state index contributed by atoms with van der Waals surface area (Å²) in [6, 6.07) is 14.1. The Morgan fingerprint density at radius 1 is 0.941 bits per heavy atom. The van der Waals surface area contributed by atoms with Crippen molar-refractivity contribution in [2.24, 2.45) is 7.05 Å². The number of hydrogen-bond donors (Lipinski definition) is 2. The molecule has 2 bridgehead atoms. The number of hydrogen-bond acceptors (Lipinski definition) is 10. The average Bonchev–Trinajstić information content (AvgIpc) is 3.46. The molecule has 2 aliphatic rings. The number of anilines is 1. The van der Waals surface area contributed by atoms with E-state index in [0.29, 0.717) is 60.9 Å². The molecule has 274 valence electrons. The van der Waals surface area contributed by atoms with Gasteiger partial charge in [0.25, 0.3) is 11.8 Å². The number of benzene rings is 2. The lowest BCUT2D eigenvalue weighted by atomic mass is 9.82. The van der Waals surface area contributed by atoms with E-state index in [9.17, 15) is 14.4 Å². The Morgan fingerprint density at radius 2 is 1.67 bits per heavy atom. The van der Waals surface area contributed by atoms with E-state index < -0.39 is 11.5 Å². The van der Waals surface area contributed by atoms with Crippen LogP contribution in [0.5, 0.6) is 5.75 Å². The molecule has 4 heterocycles. The normalized spacial score (nSPS) is 18.9. The Hall–Kier alpha value is -4.46. The van der Waals surface area contributed by atoms with Gasteiger partial charge in [0.2, 0.25) is 0 Å². The lowest BCUT2D eigenvalue weighted by molar-refractivity contribution is 0.0371. The van der Waals surface area contributed by atoms with Crippen LogP contribution < -0.4 is 25.9 Å². The van der Waals surface area contributed by atoms with Crippen LogP contribution in [0.25, 0.3) is 21.9 Å². The lowest BCUT2D eigenvalue weighted by Crippen LogP contribution is -2.55. The van der Waals surface area contributed by atoms with Gasteiger partial charge >= 0.3 is 5.63 Å². The van der Waals surface area contributed by atoms with E-state index in [1.54, 1.807) is 10.7 Å². The standard InChI is InChI=1S/C38H50N6O7/c1-5-44(6-2)29-14-13-25-21-31(38(47)51-33(25)24-29)36(45)39-15-16-48-17-18-49-19-20-50-32-12-8-11-30-34(41-43(4)35(30)32)37(46)40-26-22-27-9-7-10-28(23-26)42(27)3/h8,11-14,21,24,26-28H,5-7,9-10,15-20,22-23H2,1-4H3,(H,39,45)(H,40,46)/t27-,28-/m0/s1. The quantitative estimate of drug-likeness (QED) is 0.130. The smallest absolute Gasteiger partial charge is 0.349 e. The summed E-state index contributed by atoms with van der Waals surface area (Å²) in [5, 5.41) is 12.0. The minimum absolute atomic E-state index is 0.0442. The van der Waals surface area contributed by atoms with Crippen molar-refractivity contribution in [3.8, 4) is 5.75 Å². The topological polar surface area (TPSA) is 140 Å². The minimum atomic E-state index is -0.677. The summed E-state index contributed by atoms with van der Waals surface area (Å²) in [4.78, 5) is 43.2. The van der Waals surface area contributed by atoms with E-state index in [4.69, 9.17) is 18.6 Å². The number of ether oxygens (including phenoxy) is 3. The number of piperidine rings is 2. The number of rotatable bonds is 16. The highest BCUT2D eigenvalue weighted by Gasteiger charge is 2.37. The number of amides is 2. The van der Waals surface area contributed by atoms with Gasteiger partial charge in [-0.3, -0.25) is 14.3 Å². The van der Waals surface area contributed by atoms with Crippen LogP contribution in [0.3, 0.4) is 0 Å². The number of nitrogens with one attached hydrogen (secondary N) is 2. The first-order chi connectivity index (χ1) is 24.8. The van der Waals surface area contributed by atoms with Gasteiger partial charge in [0.15, 0.2) is 5.69 Å². The maximum atomic E-state index is 13.4. The summed E-state index contributed by atoms with van der Waals surface area (Å²) in [6.45, 7) is 7.62. The summed E-state index contributed by atoms with van der Waals surface area (Å²) in [5.41, 5.74) is 1.86. The molecule has 0 saturated carbocycles. The van der Waals surface area contributed by atoms with E-state index in [2.05, 4.69) is 46.4 Å². The van der Waals surface area contributed by atoms with E-state index in [0.717, 1.165) is 42.5 Å². The molecular weight excluding hydrogens is 652 g/mol. The van der Waals surface area contributed by atoms with Crippen LogP contribution in [0.15, 0.2) is 51.7 Å². The highest BCUT2D eigenvalue weighted by Crippen LogP contribution is 2.33. The third kappa shape index (κ3) is 8.37. The molecule has 0 radical (unpaired) electrons. The lowest BCUT2D eigenvalue weighted by Gasteiger charge is -2.47. The zero-order valence-corrected chi connectivity index (χ0v) is 30.1. The molecule has 0 aliphatic carbocycles. The maximum Gasteiger partial charge on any atom is 0.349 e. The van der Waals surface area contributed by atoms with Crippen molar-refractivity contribution in [1.29, 1.82) is 0 Å². The summed E-state index contributed by atoms with van der Waals surface area (Å²) < 4.78 is 24.5. The molecule has 2 aliphatic heterocycles. The van der Waals surface area contributed by atoms with Gasteiger partial charge in [0.05, 0.1) is 26.4 Å². The molecule has 2 aromatic heterocycles. The van der Waals surface area contributed by atoms with E-state index in [1.807, 2.05) is 43.4 Å². The van der Waals surface area contributed by atoms with Crippen molar-refractivity contribution in [3.05, 3.63) is 64.1 Å². The van der Waals surface area contributed by atoms with E-state index >= 15 is 0 Å². The largest absolute Gasteiger partial charge is 0.489 e. The fraction of sp³-hybridized carbons (Fsp3) is 0.526. The van der Waals surface area contributed by atoms with Crippen LogP contribution in [0.2, 0.25) is 0 Å². The molecule has 2 amide bonds. The number of carbonyl (C=O) groups excluding carboxylic acids is 2. The Bertz CT molecular complexity index is 1870. The van der Waals surface area contributed by atoms with Gasteiger partial charge in [-0.1, -0.05) is 18.6 Å². The first-order valence-electron chi connectivity index (χ1n) is 18.1. The van der Waals surface area contributed by atoms with Crippen molar-refractivity contribution in [2.75, 3.05) is 64.6 Å². The first-order valence-corrected chi connectivity index (χ1v) is 18.1. The second-order valence-electron chi connectivity index (χ2n) is 13.3. The Morgan fingerprint density at radius 3 is 2.41 bits per heavy atom. The maximum absolute atomic E-state index is 13.4. The SMILES string of the molecule is CCN(CC)c1ccc2cc(C(=O)NCCOCCOCCOc3cccc4c(C(=O)NC5C[C@@H]6CCC[C@@H](C5)N6C)nn(C)c34)c(=O)oc2c1. The van der Waals surface area contributed by atoms with E-state index in [1.165, 1.54) is 19.3 Å². The fourth-order valence-electron chi connectivity index (χ4n) is 7.48. The zero-order valence-electron chi connectivity index (χ0n) is 30.1. The van der Waals surface area contributed by atoms with Crippen LogP contribution in [-0.4, -0.2) is 104 Å². The second-order valence-corrected chi connectivity index (χ2v) is 13.3. The third-order valence-electron chi connectivity index (χ3n) is 10.2. The molecule has 4 aromatic rings. The number of para-hydroxylation sites is 1. The third-order valence-corrected chi connectivity index (χ3v) is 10.2. The van der Waals surface area contributed by atoms with Crippen LogP contribution in [0, 0.1) is 0 Å². The van der Waals surface area contributed by atoms with Gasteiger partial charge in [-0.2, -0.15) is 5.10 Å². The first kappa shape index (κ1) is 36.3.